The van der Waals surface area contributed by atoms with Gasteiger partial charge in [-0.25, -0.2) is 0 Å². The molecule has 158 valence electrons. The van der Waals surface area contributed by atoms with Gasteiger partial charge in [-0.2, -0.15) is 0 Å². The summed E-state index contributed by atoms with van der Waals surface area (Å²) < 4.78 is 5.28. The van der Waals surface area contributed by atoms with E-state index in [1.165, 1.54) is 0 Å². The molecular weight excluding hydrogens is 416 g/mol. The first-order valence-corrected chi connectivity index (χ1v) is 12.1. The highest BCUT2D eigenvalue weighted by Gasteiger charge is 2.47. The van der Waals surface area contributed by atoms with Crippen LogP contribution in [0.15, 0.2) is 59.5 Å². The molecule has 2 amide bonds. The Hall–Kier alpha value is -2.12. The number of piperidine rings is 1. The van der Waals surface area contributed by atoms with E-state index in [0.29, 0.717) is 30.2 Å². The number of methoxy groups -OCH3 is 1. The summed E-state index contributed by atoms with van der Waals surface area (Å²) in [6.07, 6.45) is 1.63. The normalized spacial score (nSPS) is 17.9. The van der Waals surface area contributed by atoms with Crippen molar-refractivity contribution in [1.29, 1.82) is 0 Å². The topological polar surface area (TPSA) is 49.9 Å². The molecule has 2 heterocycles. The quantitative estimate of drug-likeness (QED) is 0.655. The maximum absolute atomic E-state index is 13.2. The van der Waals surface area contributed by atoms with E-state index in [0.717, 1.165) is 30.0 Å². The smallest absolute Gasteiger partial charge is 0.255 e. The van der Waals surface area contributed by atoms with E-state index in [1.807, 2.05) is 70.1 Å². The van der Waals surface area contributed by atoms with Crippen molar-refractivity contribution in [3.05, 3.63) is 60.2 Å². The molecule has 2 fully saturated rings. The van der Waals surface area contributed by atoms with Crippen LogP contribution in [0.4, 0.5) is 0 Å². The number of benzene rings is 2. The fourth-order valence-corrected chi connectivity index (χ4v) is 6.36. The van der Waals surface area contributed by atoms with Crippen LogP contribution in [-0.4, -0.2) is 64.7 Å². The first-order chi connectivity index (χ1) is 14.6. The number of thioether (sulfide) groups is 2. The number of likely N-dealkylation sites (tertiary alicyclic amines) is 1. The molecule has 2 aromatic rings. The largest absolute Gasteiger partial charge is 0.497 e. The van der Waals surface area contributed by atoms with Gasteiger partial charge in [-0.3, -0.25) is 9.59 Å². The molecule has 5 nitrogen and oxygen atoms in total. The van der Waals surface area contributed by atoms with Crippen molar-refractivity contribution >= 4 is 35.3 Å². The van der Waals surface area contributed by atoms with E-state index in [9.17, 15) is 9.59 Å². The number of rotatable bonds is 5. The Labute approximate surface area is 186 Å². The predicted molar refractivity (Wildman–Crippen MR) is 122 cm³/mol. The Morgan fingerprint density at radius 1 is 1.07 bits per heavy atom. The van der Waals surface area contributed by atoms with Crippen molar-refractivity contribution in [1.82, 2.24) is 9.80 Å². The molecule has 4 rings (SSSR count). The number of nitrogens with zero attached hydrogens (tertiary/aromatic N) is 2. The van der Waals surface area contributed by atoms with Crippen molar-refractivity contribution < 1.29 is 14.3 Å². The number of amides is 2. The summed E-state index contributed by atoms with van der Waals surface area (Å²) in [6, 6.07) is 17.4. The zero-order chi connectivity index (χ0) is 21.0. The summed E-state index contributed by atoms with van der Waals surface area (Å²) >= 11 is 3.44. The Kier molecular flexibility index (Phi) is 6.58. The monoisotopic (exact) mass is 442 g/mol. The molecule has 2 aliphatic heterocycles. The van der Waals surface area contributed by atoms with Crippen molar-refractivity contribution in [2.45, 2.75) is 22.6 Å². The van der Waals surface area contributed by atoms with Gasteiger partial charge in [0, 0.05) is 35.8 Å². The van der Waals surface area contributed by atoms with E-state index in [2.05, 4.69) is 0 Å². The van der Waals surface area contributed by atoms with E-state index >= 15 is 0 Å². The van der Waals surface area contributed by atoms with Gasteiger partial charge in [-0.1, -0.05) is 24.3 Å². The Balaban J connectivity index is 1.37. The van der Waals surface area contributed by atoms with Gasteiger partial charge in [0.15, 0.2) is 0 Å². The third kappa shape index (κ3) is 4.47. The summed E-state index contributed by atoms with van der Waals surface area (Å²) in [4.78, 5) is 30.8. The highest BCUT2D eigenvalue weighted by atomic mass is 32.2. The summed E-state index contributed by atoms with van der Waals surface area (Å²) in [6.45, 7) is 2.14. The maximum atomic E-state index is 13.2. The van der Waals surface area contributed by atoms with E-state index in [1.54, 1.807) is 24.9 Å². The fourth-order valence-electron chi connectivity index (χ4n) is 4.08. The highest BCUT2D eigenvalue weighted by molar-refractivity contribution is 8.01. The second kappa shape index (κ2) is 9.35. The van der Waals surface area contributed by atoms with Gasteiger partial charge in [0.25, 0.3) is 5.91 Å². The Morgan fingerprint density at radius 2 is 1.83 bits per heavy atom. The summed E-state index contributed by atoms with van der Waals surface area (Å²) in [5.41, 5.74) is 0.661. The molecule has 0 saturated carbocycles. The number of ether oxygens (including phenoxy) is 1. The molecule has 0 atom stereocenters. The van der Waals surface area contributed by atoms with Crippen LogP contribution in [0.1, 0.15) is 23.2 Å². The maximum Gasteiger partial charge on any atom is 0.255 e. The zero-order valence-electron chi connectivity index (χ0n) is 17.1. The molecule has 0 aliphatic carbocycles. The lowest BCUT2D eigenvalue weighted by Gasteiger charge is -2.44. The third-order valence-corrected chi connectivity index (χ3v) is 8.29. The van der Waals surface area contributed by atoms with Crippen LogP contribution >= 0.6 is 23.5 Å². The molecule has 0 N–H and O–H groups in total. The van der Waals surface area contributed by atoms with Crippen molar-refractivity contribution in [3.8, 4) is 5.75 Å². The Morgan fingerprint density at radius 3 is 2.57 bits per heavy atom. The van der Waals surface area contributed by atoms with Crippen LogP contribution in [0.2, 0.25) is 0 Å². The summed E-state index contributed by atoms with van der Waals surface area (Å²) in [5.74, 6) is 2.31. The summed E-state index contributed by atoms with van der Waals surface area (Å²) in [5, 5.41) is 0. The minimum atomic E-state index is -0.205. The molecular formula is C23H26N2O3S2. The molecule has 1 spiro atoms. The van der Waals surface area contributed by atoms with Gasteiger partial charge in [0.05, 0.1) is 17.7 Å². The number of hydrogen-bond acceptors (Lipinski definition) is 5. The molecule has 30 heavy (non-hydrogen) atoms. The number of hydrogen-bond donors (Lipinski definition) is 0. The lowest BCUT2D eigenvalue weighted by molar-refractivity contribution is -0.129. The predicted octanol–water partition coefficient (Wildman–Crippen LogP) is 4.00. The van der Waals surface area contributed by atoms with E-state index < -0.39 is 0 Å². The van der Waals surface area contributed by atoms with Crippen LogP contribution in [0.3, 0.4) is 0 Å². The molecule has 7 heteroatoms. The zero-order valence-corrected chi connectivity index (χ0v) is 18.7. The molecule has 2 saturated heterocycles. The molecule has 2 aliphatic rings. The van der Waals surface area contributed by atoms with Crippen molar-refractivity contribution in [2.24, 2.45) is 0 Å². The van der Waals surface area contributed by atoms with Crippen LogP contribution in [0.5, 0.6) is 5.75 Å². The van der Waals surface area contributed by atoms with Crippen molar-refractivity contribution in [2.75, 3.05) is 38.2 Å². The van der Waals surface area contributed by atoms with Crippen LogP contribution in [-0.2, 0) is 4.79 Å². The third-order valence-electron chi connectivity index (χ3n) is 5.74. The molecule has 0 unspecified atom stereocenters. The van der Waals surface area contributed by atoms with Gasteiger partial charge >= 0.3 is 0 Å². The van der Waals surface area contributed by atoms with E-state index in [4.69, 9.17) is 4.74 Å². The van der Waals surface area contributed by atoms with Crippen LogP contribution in [0.25, 0.3) is 0 Å². The molecule has 2 aromatic carbocycles. The number of carbonyl (C=O) groups is 2. The van der Waals surface area contributed by atoms with Gasteiger partial charge in [0.2, 0.25) is 5.91 Å². The molecule has 0 bridgehead atoms. The van der Waals surface area contributed by atoms with Crippen LogP contribution < -0.4 is 4.74 Å². The molecule has 0 aromatic heterocycles. The standard InChI is InChI=1S/C23H26N2O3S2/c1-28-19-7-5-6-18(16-19)22(27)25-14-15-30-23(25)10-12-24(13-11-23)21(26)17-29-20-8-3-2-4-9-20/h2-9,16H,10-15,17H2,1H3. The SMILES string of the molecule is COc1cccc(C(=O)N2CCSC23CCN(C(=O)CSc2ccccc2)CC3)c1. The van der Waals surface area contributed by atoms with Gasteiger partial charge in [0.1, 0.15) is 5.75 Å². The Bertz CT molecular complexity index is 898. The second-order valence-electron chi connectivity index (χ2n) is 7.47. The minimum Gasteiger partial charge on any atom is -0.497 e. The van der Waals surface area contributed by atoms with E-state index in [-0.39, 0.29) is 16.7 Å². The minimum absolute atomic E-state index is 0.0540. The lowest BCUT2D eigenvalue weighted by Crippen LogP contribution is -2.53. The second-order valence-corrected chi connectivity index (χ2v) is 9.97. The lowest BCUT2D eigenvalue weighted by atomic mass is 10.0. The number of carbonyl (C=O) groups excluding carboxylic acids is 2. The van der Waals surface area contributed by atoms with Crippen molar-refractivity contribution in [3.63, 3.8) is 0 Å². The van der Waals surface area contributed by atoms with Gasteiger partial charge < -0.3 is 14.5 Å². The first kappa shape index (κ1) is 21.1. The summed E-state index contributed by atoms with van der Waals surface area (Å²) in [7, 11) is 1.61. The fraction of sp³-hybridized carbons (Fsp3) is 0.391. The average Bonchev–Trinajstić information content (AvgIpc) is 3.21. The van der Waals surface area contributed by atoms with Gasteiger partial charge in [-0.15, -0.1) is 23.5 Å². The molecule has 0 radical (unpaired) electrons. The highest BCUT2D eigenvalue weighted by Crippen LogP contribution is 2.44. The van der Waals surface area contributed by atoms with Crippen LogP contribution in [0, 0.1) is 0 Å². The van der Waals surface area contributed by atoms with Gasteiger partial charge in [-0.05, 0) is 43.2 Å². The average molecular weight is 443 g/mol. The first-order valence-electron chi connectivity index (χ1n) is 10.2.